The summed E-state index contributed by atoms with van der Waals surface area (Å²) < 4.78 is 5.79. The average molecular weight is 462 g/mol. The summed E-state index contributed by atoms with van der Waals surface area (Å²) in [7, 11) is 0. The van der Waals surface area contributed by atoms with Crippen molar-refractivity contribution in [1.29, 1.82) is 0 Å². The quantitative estimate of drug-likeness (QED) is 0.410. The van der Waals surface area contributed by atoms with Crippen molar-refractivity contribution >= 4 is 58.2 Å². The summed E-state index contributed by atoms with van der Waals surface area (Å²) in [6.07, 6.45) is 5.29. The van der Waals surface area contributed by atoms with E-state index in [4.69, 9.17) is 39.2 Å². The van der Waals surface area contributed by atoms with Gasteiger partial charge in [0.25, 0.3) is 0 Å². The van der Waals surface area contributed by atoms with Crippen LogP contribution in [-0.2, 0) is 4.79 Å². The van der Waals surface area contributed by atoms with Crippen LogP contribution in [0.5, 0.6) is 0 Å². The van der Waals surface area contributed by atoms with Crippen LogP contribution in [0.4, 0.5) is 11.4 Å². The van der Waals surface area contributed by atoms with E-state index >= 15 is 0 Å². The number of anilines is 2. The molecular weight excluding hydrogens is 443 g/mol. The first kappa shape index (κ1) is 20.9. The van der Waals surface area contributed by atoms with Crippen LogP contribution in [0.25, 0.3) is 17.4 Å². The molecule has 7 heteroatoms. The number of hydrogen-bond acceptors (Lipinski definition) is 3. The van der Waals surface area contributed by atoms with Gasteiger partial charge in [-0.2, -0.15) is 0 Å². The summed E-state index contributed by atoms with van der Waals surface area (Å²) in [5, 5.41) is 4.61. The van der Waals surface area contributed by atoms with Crippen molar-refractivity contribution < 1.29 is 9.21 Å². The molecule has 1 N–H and O–H groups in total. The number of hydrogen-bond donors (Lipinski definition) is 1. The smallest absolute Gasteiger partial charge is 0.248 e. The molecule has 2 heterocycles. The first-order chi connectivity index (χ1) is 14.5. The first-order valence-electron chi connectivity index (χ1n) is 9.58. The number of halogens is 3. The van der Waals surface area contributed by atoms with Crippen molar-refractivity contribution in [3.8, 4) is 11.3 Å². The molecule has 0 unspecified atom stereocenters. The zero-order chi connectivity index (χ0) is 21.1. The Morgan fingerprint density at radius 3 is 2.47 bits per heavy atom. The molecule has 0 atom stereocenters. The normalized spacial score (nSPS) is 13.9. The molecule has 0 saturated carbocycles. The minimum atomic E-state index is -0.263. The average Bonchev–Trinajstić information content (AvgIpc) is 3.38. The predicted molar refractivity (Wildman–Crippen MR) is 125 cm³/mol. The lowest BCUT2D eigenvalue weighted by Crippen LogP contribution is -2.21. The summed E-state index contributed by atoms with van der Waals surface area (Å²) in [4.78, 5) is 14.7. The summed E-state index contributed by atoms with van der Waals surface area (Å²) in [6, 6.07) is 14.3. The summed E-state index contributed by atoms with van der Waals surface area (Å²) >= 11 is 18.5. The first-order valence-corrected chi connectivity index (χ1v) is 10.7. The Kier molecular flexibility index (Phi) is 6.38. The van der Waals surface area contributed by atoms with Crippen LogP contribution in [0.15, 0.2) is 59.0 Å². The Morgan fingerprint density at radius 1 is 1.00 bits per heavy atom. The van der Waals surface area contributed by atoms with Crippen molar-refractivity contribution in [2.75, 3.05) is 23.3 Å². The van der Waals surface area contributed by atoms with E-state index in [2.05, 4.69) is 10.2 Å². The lowest BCUT2D eigenvalue weighted by Gasteiger charge is -2.22. The number of amides is 1. The number of nitrogens with zero attached hydrogens (tertiary/aromatic N) is 1. The van der Waals surface area contributed by atoms with Crippen molar-refractivity contribution in [3.63, 3.8) is 0 Å². The van der Waals surface area contributed by atoms with Gasteiger partial charge in [-0.3, -0.25) is 4.79 Å². The maximum Gasteiger partial charge on any atom is 0.248 e. The fourth-order valence-electron chi connectivity index (χ4n) is 3.50. The van der Waals surface area contributed by atoms with Crippen molar-refractivity contribution in [2.24, 2.45) is 0 Å². The monoisotopic (exact) mass is 460 g/mol. The molecule has 0 radical (unpaired) electrons. The highest BCUT2D eigenvalue weighted by atomic mass is 35.5. The van der Waals surface area contributed by atoms with Gasteiger partial charge in [-0.15, -0.1) is 0 Å². The van der Waals surface area contributed by atoms with Gasteiger partial charge < -0.3 is 14.6 Å². The van der Waals surface area contributed by atoms with Crippen LogP contribution in [0.2, 0.25) is 15.1 Å². The third-order valence-electron chi connectivity index (χ3n) is 4.84. The fraction of sp³-hybridized carbons (Fsp3) is 0.174. The molecule has 2 aromatic carbocycles. The fourth-order valence-corrected chi connectivity index (χ4v) is 4.32. The van der Waals surface area contributed by atoms with Crippen molar-refractivity contribution in [2.45, 2.75) is 12.8 Å². The zero-order valence-electron chi connectivity index (χ0n) is 16.0. The third-order valence-corrected chi connectivity index (χ3v) is 5.58. The van der Waals surface area contributed by atoms with Gasteiger partial charge in [0.15, 0.2) is 0 Å². The highest BCUT2D eigenvalue weighted by Gasteiger charge is 2.19. The van der Waals surface area contributed by atoms with Gasteiger partial charge in [0.2, 0.25) is 5.91 Å². The van der Waals surface area contributed by atoms with E-state index in [0.717, 1.165) is 37.2 Å². The Balaban J connectivity index is 1.48. The third kappa shape index (κ3) is 4.84. The topological polar surface area (TPSA) is 45.5 Å². The molecule has 154 valence electrons. The maximum atomic E-state index is 12.5. The van der Waals surface area contributed by atoms with Crippen LogP contribution in [0, 0.1) is 0 Å². The molecule has 3 aromatic rings. The Morgan fingerprint density at radius 2 is 1.73 bits per heavy atom. The van der Waals surface area contributed by atoms with Gasteiger partial charge in [0.1, 0.15) is 11.5 Å². The second-order valence-electron chi connectivity index (χ2n) is 7.01. The number of rotatable bonds is 5. The van der Waals surface area contributed by atoms with Gasteiger partial charge >= 0.3 is 0 Å². The number of benzene rings is 2. The van der Waals surface area contributed by atoms with E-state index in [-0.39, 0.29) is 5.91 Å². The summed E-state index contributed by atoms with van der Waals surface area (Å²) in [5.41, 5.74) is 2.34. The standard InChI is InChI=1S/C23H19Cl3N2O2/c24-16-12-15(13-17(25)14-16)21-8-6-18(30-21)7-9-22(29)27-20-5-3-4-19(26)23(20)28-10-1-2-11-28/h3-9,12-14H,1-2,10-11H2,(H,27,29)/b9-7+. The van der Waals surface area contributed by atoms with E-state index < -0.39 is 0 Å². The van der Waals surface area contributed by atoms with Crippen molar-refractivity contribution in [3.05, 3.63) is 75.4 Å². The van der Waals surface area contributed by atoms with Crippen molar-refractivity contribution in [1.82, 2.24) is 0 Å². The van der Waals surface area contributed by atoms with Gasteiger partial charge in [-0.25, -0.2) is 0 Å². The zero-order valence-corrected chi connectivity index (χ0v) is 18.3. The predicted octanol–water partition coefficient (Wildman–Crippen LogP) is 7.16. The van der Waals surface area contributed by atoms with Gasteiger partial charge in [0.05, 0.1) is 16.4 Å². The van der Waals surface area contributed by atoms with E-state index in [1.807, 2.05) is 24.3 Å². The van der Waals surface area contributed by atoms with Crippen LogP contribution in [-0.4, -0.2) is 19.0 Å². The maximum absolute atomic E-state index is 12.5. The second kappa shape index (κ2) is 9.17. The van der Waals surface area contributed by atoms with Gasteiger partial charge in [-0.1, -0.05) is 40.9 Å². The highest BCUT2D eigenvalue weighted by molar-refractivity contribution is 6.35. The largest absolute Gasteiger partial charge is 0.457 e. The summed E-state index contributed by atoms with van der Waals surface area (Å²) in [5.74, 6) is 0.897. The number of nitrogens with one attached hydrogen (secondary N) is 1. The molecule has 1 aliphatic heterocycles. The van der Waals surface area contributed by atoms with Crippen LogP contribution < -0.4 is 10.2 Å². The Hall–Kier alpha value is -2.40. The number of furan rings is 1. The number of para-hydroxylation sites is 1. The van der Waals surface area contributed by atoms with Crippen LogP contribution >= 0.6 is 34.8 Å². The van der Waals surface area contributed by atoms with Crippen LogP contribution in [0.1, 0.15) is 18.6 Å². The molecule has 4 rings (SSSR count). The molecule has 1 fully saturated rings. The molecule has 30 heavy (non-hydrogen) atoms. The Labute approximate surface area is 190 Å². The summed E-state index contributed by atoms with van der Waals surface area (Å²) in [6.45, 7) is 1.87. The lowest BCUT2D eigenvalue weighted by atomic mass is 10.2. The van der Waals surface area contributed by atoms with Gasteiger partial charge in [0, 0.05) is 34.8 Å². The molecular formula is C23H19Cl3N2O2. The molecule has 0 bridgehead atoms. The molecule has 0 aliphatic carbocycles. The Bertz CT molecular complexity index is 1080. The molecule has 1 saturated heterocycles. The molecule has 1 aliphatic rings. The SMILES string of the molecule is O=C(/C=C/c1ccc(-c2cc(Cl)cc(Cl)c2)o1)Nc1cccc(Cl)c1N1CCCC1. The van der Waals surface area contributed by atoms with E-state index in [1.165, 1.54) is 6.08 Å². The van der Waals surface area contributed by atoms with E-state index in [9.17, 15) is 4.79 Å². The molecule has 1 aromatic heterocycles. The van der Waals surface area contributed by atoms with Crippen LogP contribution in [0.3, 0.4) is 0 Å². The van der Waals surface area contributed by atoms with E-state index in [0.29, 0.717) is 32.3 Å². The molecule has 4 nitrogen and oxygen atoms in total. The number of carbonyl (C=O) groups is 1. The lowest BCUT2D eigenvalue weighted by molar-refractivity contribution is -0.111. The molecule has 0 spiro atoms. The molecule has 1 amide bonds. The van der Waals surface area contributed by atoms with E-state index in [1.54, 1.807) is 30.3 Å². The van der Waals surface area contributed by atoms with Gasteiger partial charge in [-0.05, 0) is 61.4 Å². The highest BCUT2D eigenvalue weighted by Crippen LogP contribution is 2.36. The minimum Gasteiger partial charge on any atom is -0.457 e. The second-order valence-corrected chi connectivity index (χ2v) is 8.29. The minimum absolute atomic E-state index is 0.263. The number of carbonyl (C=O) groups excluding carboxylic acids is 1.